The maximum absolute atomic E-state index is 11.2. The third kappa shape index (κ3) is 1.80. The van der Waals surface area contributed by atoms with Crippen LogP contribution in [0.5, 0.6) is 0 Å². The van der Waals surface area contributed by atoms with Gasteiger partial charge in [-0.05, 0) is 13.0 Å². The van der Waals surface area contributed by atoms with E-state index in [9.17, 15) is 4.79 Å². The van der Waals surface area contributed by atoms with Gasteiger partial charge in [0.25, 0.3) is 0 Å². The van der Waals surface area contributed by atoms with Crippen molar-refractivity contribution in [2.24, 2.45) is 0 Å². The van der Waals surface area contributed by atoms with Gasteiger partial charge in [-0.25, -0.2) is 0 Å². The summed E-state index contributed by atoms with van der Waals surface area (Å²) in [5, 5.41) is 3.12. The molecule has 0 spiro atoms. The second-order valence-electron chi connectivity index (χ2n) is 2.76. The Kier molecular flexibility index (Phi) is 2.65. The minimum Gasteiger partial charge on any atom is -0.337 e. The first kappa shape index (κ1) is 8.27. The fourth-order valence-electron chi connectivity index (χ4n) is 0.987. The van der Waals surface area contributed by atoms with Gasteiger partial charge in [0.15, 0.2) is 0 Å². The van der Waals surface area contributed by atoms with Gasteiger partial charge in [-0.2, -0.15) is 0 Å². The van der Waals surface area contributed by atoms with Gasteiger partial charge in [-0.1, -0.05) is 6.08 Å². The first-order valence-electron chi connectivity index (χ1n) is 3.86. The molecule has 1 saturated heterocycles. The Morgan fingerprint density at radius 1 is 1.64 bits per heavy atom. The second-order valence-corrected chi connectivity index (χ2v) is 2.76. The Labute approximate surface area is 67.1 Å². The van der Waals surface area contributed by atoms with Crippen molar-refractivity contribution in [1.82, 2.24) is 10.2 Å². The molecule has 1 fully saturated rings. The van der Waals surface area contributed by atoms with E-state index in [1.54, 1.807) is 17.1 Å². The van der Waals surface area contributed by atoms with Crippen LogP contribution in [0.25, 0.3) is 0 Å². The van der Waals surface area contributed by atoms with E-state index in [0.717, 1.165) is 13.1 Å². The first-order valence-corrected chi connectivity index (χ1v) is 3.86. The van der Waals surface area contributed by atoms with Crippen LogP contribution in [0.1, 0.15) is 6.92 Å². The van der Waals surface area contributed by atoms with Crippen LogP contribution in [0.3, 0.4) is 0 Å². The van der Waals surface area contributed by atoms with E-state index >= 15 is 0 Å². The molecule has 0 atom stereocenters. The smallest absolute Gasteiger partial charge is 0.246 e. The lowest BCUT2D eigenvalue weighted by atomic mass is 10.1. The van der Waals surface area contributed by atoms with Crippen LogP contribution in [0.2, 0.25) is 0 Å². The highest BCUT2D eigenvalue weighted by atomic mass is 16.2. The molecule has 1 amide bonds. The van der Waals surface area contributed by atoms with Crippen LogP contribution in [0, 0.1) is 0 Å². The van der Waals surface area contributed by atoms with E-state index < -0.39 is 0 Å². The lowest BCUT2D eigenvalue weighted by molar-refractivity contribution is -0.127. The van der Waals surface area contributed by atoms with Crippen LogP contribution < -0.4 is 5.32 Å². The van der Waals surface area contributed by atoms with Crippen molar-refractivity contribution in [2.45, 2.75) is 13.0 Å². The fraction of sp³-hybridized carbons (Fsp3) is 0.625. The predicted molar refractivity (Wildman–Crippen MR) is 44.2 cm³/mol. The maximum Gasteiger partial charge on any atom is 0.246 e. The molecule has 3 nitrogen and oxygen atoms in total. The highest BCUT2D eigenvalue weighted by molar-refractivity contribution is 5.87. The van der Waals surface area contributed by atoms with Gasteiger partial charge in [0.05, 0.1) is 6.04 Å². The molecule has 0 aromatic carbocycles. The molecular weight excluding hydrogens is 140 g/mol. The summed E-state index contributed by atoms with van der Waals surface area (Å²) in [5.41, 5.74) is 0. The molecule has 0 radical (unpaired) electrons. The lowest BCUT2D eigenvalue weighted by Crippen LogP contribution is -2.57. The molecule has 1 heterocycles. The largest absolute Gasteiger partial charge is 0.337 e. The maximum atomic E-state index is 11.2. The quantitative estimate of drug-likeness (QED) is 0.567. The molecule has 1 aliphatic rings. The number of nitrogens with zero attached hydrogens (tertiary/aromatic N) is 1. The SMILES string of the molecule is C/C=C/C(=O)N(C)C1CNC1. The molecule has 0 unspecified atom stereocenters. The van der Waals surface area contributed by atoms with E-state index in [1.165, 1.54) is 0 Å². The summed E-state index contributed by atoms with van der Waals surface area (Å²) in [5.74, 6) is 0.0963. The van der Waals surface area contributed by atoms with E-state index in [-0.39, 0.29) is 5.91 Å². The summed E-state index contributed by atoms with van der Waals surface area (Å²) >= 11 is 0. The molecule has 62 valence electrons. The fourth-order valence-corrected chi connectivity index (χ4v) is 0.987. The molecule has 0 bridgehead atoms. The van der Waals surface area contributed by atoms with E-state index in [1.807, 2.05) is 14.0 Å². The van der Waals surface area contributed by atoms with E-state index in [2.05, 4.69) is 5.32 Å². The topological polar surface area (TPSA) is 32.3 Å². The van der Waals surface area contributed by atoms with Crippen molar-refractivity contribution in [3.05, 3.63) is 12.2 Å². The summed E-state index contributed by atoms with van der Waals surface area (Å²) in [4.78, 5) is 13.0. The number of hydrogen-bond acceptors (Lipinski definition) is 2. The van der Waals surface area contributed by atoms with Crippen molar-refractivity contribution in [3.63, 3.8) is 0 Å². The van der Waals surface area contributed by atoms with Gasteiger partial charge in [-0.3, -0.25) is 4.79 Å². The molecule has 1 rings (SSSR count). The average molecular weight is 154 g/mol. The van der Waals surface area contributed by atoms with Crippen molar-refractivity contribution in [2.75, 3.05) is 20.1 Å². The Morgan fingerprint density at radius 2 is 2.27 bits per heavy atom. The molecule has 0 aromatic rings. The van der Waals surface area contributed by atoms with Crippen LogP contribution in [0.15, 0.2) is 12.2 Å². The monoisotopic (exact) mass is 154 g/mol. The summed E-state index contributed by atoms with van der Waals surface area (Å²) in [6, 6.07) is 0.402. The zero-order valence-corrected chi connectivity index (χ0v) is 7.00. The molecule has 11 heavy (non-hydrogen) atoms. The van der Waals surface area contributed by atoms with Crippen molar-refractivity contribution in [1.29, 1.82) is 0 Å². The number of amides is 1. The van der Waals surface area contributed by atoms with Crippen LogP contribution >= 0.6 is 0 Å². The van der Waals surface area contributed by atoms with Crippen LogP contribution in [0.4, 0.5) is 0 Å². The Hall–Kier alpha value is -0.830. The summed E-state index contributed by atoms with van der Waals surface area (Å²) in [6.07, 6.45) is 3.36. The third-order valence-corrected chi connectivity index (χ3v) is 1.96. The number of hydrogen-bond donors (Lipinski definition) is 1. The lowest BCUT2D eigenvalue weighted by Gasteiger charge is -2.34. The minimum absolute atomic E-state index is 0.0963. The van der Waals surface area contributed by atoms with Crippen molar-refractivity contribution in [3.8, 4) is 0 Å². The predicted octanol–water partition coefficient (Wildman–Crippen LogP) is -0.00730. The molecular formula is C8H14N2O. The number of allylic oxidation sites excluding steroid dienone is 1. The van der Waals surface area contributed by atoms with Gasteiger partial charge >= 0.3 is 0 Å². The van der Waals surface area contributed by atoms with Gasteiger partial charge in [0, 0.05) is 20.1 Å². The second kappa shape index (κ2) is 3.53. The summed E-state index contributed by atoms with van der Waals surface area (Å²) < 4.78 is 0. The number of likely N-dealkylation sites (N-methyl/N-ethyl adjacent to an activating group) is 1. The Balaban J connectivity index is 2.38. The average Bonchev–Trinajstić information content (AvgIpc) is 1.84. The number of rotatable bonds is 2. The highest BCUT2D eigenvalue weighted by Gasteiger charge is 2.23. The van der Waals surface area contributed by atoms with Crippen molar-refractivity contribution >= 4 is 5.91 Å². The summed E-state index contributed by atoms with van der Waals surface area (Å²) in [7, 11) is 1.84. The number of carbonyl (C=O) groups excluding carboxylic acids is 1. The van der Waals surface area contributed by atoms with Gasteiger partial charge in [0.1, 0.15) is 0 Å². The Bertz CT molecular complexity index is 173. The van der Waals surface area contributed by atoms with E-state index in [0.29, 0.717) is 6.04 Å². The van der Waals surface area contributed by atoms with Gasteiger partial charge in [-0.15, -0.1) is 0 Å². The molecule has 0 aromatic heterocycles. The van der Waals surface area contributed by atoms with Crippen molar-refractivity contribution < 1.29 is 4.79 Å². The van der Waals surface area contributed by atoms with Crippen LogP contribution in [-0.4, -0.2) is 37.0 Å². The Morgan fingerprint density at radius 3 is 2.64 bits per heavy atom. The zero-order chi connectivity index (χ0) is 8.27. The number of carbonyl (C=O) groups is 1. The molecule has 0 aliphatic carbocycles. The molecule has 1 aliphatic heterocycles. The standard InChI is InChI=1S/C8H14N2O/c1-3-4-8(11)10(2)7-5-9-6-7/h3-4,7,9H,5-6H2,1-2H3/b4-3+. The highest BCUT2D eigenvalue weighted by Crippen LogP contribution is 2.02. The molecule has 0 saturated carbocycles. The normalized spacial score (nSPS) is 18.4. The first-order chi connectivity index (χ1) is 5.25. The zero-order valence-electron chi connectivity index (χ0n) is 7.00. The number of nitrogens with one attached hydrogen (secondary N) is 1. The summed E-state index contributed by atoms with van der Waals surface area (Å²) in [6.45, 7) is 3.71. The van der Waals surface area contributed by atoms with E-state index in [4.69, 9.17) is 0 Å². The minimum atomic E-state index is 0.0963. The molecule has 1 N–H and O–H groups in total. The van der Waals surface area contributed by atoms with Crippen LogP contribution in [-0.2, 0) is 4.79 Å². The van der Waals surface area contributed by atoms with Gasteiger partial charge in [0.2, 0.25) is 5.91 Å². The molecule has 3 heteroatoms. The van der Waals surface area contributed by atoms with Gasteiger partial charge < -0.3 is 10.2 Å². The third-order valence-electron chi connectivity index (χ3n) is 1.96.